The van der Waals surface area contributed by atoms with E-state index in [0.717, 1.165) is 0 Å². The van der Waals surface area contributed by atoms with Crippen molar-refractivity contribution in [2.75, 3.05) is 6.61 Å². The van der Waals surface area contributed by atoms with Gasteiger partial charge in [-0.1, -0.05) is 13.0 Å². The van der Waals surface area contributed by atoms with Crippen LogP contribution in [0.15, 0.2) is 28.0 Å². The second-order valence-electron chi connectivity index (χ2n) is 3.79. The molecule has 3 nitrogen and oxygen atoms in total. The predicted octanol–water partition coefficient (Wildman–Crippen LogP) is 1.58. The van der Waals surface area contributed by atoms with Crippen LogP contribution in [0.5, 0.6) is 0 Å². The molecule has 0 amide bonds. The number of aliphatic hydroxyl groups is 1. The Bertz CT molecular complexity index is 561. The zero-order valence-electron chi connectivity index (χ0n) is 8.64. The number of benzene rings is 1. The van der Waals surface area contributed by atoms with Crippen LogP contribution in [0.4, 0.5) is 4.39 Å². The molecule has 86 valence electrons. The number of hydrogen-bond acceptors (Lipinski definition) is 3. The third-order valence-electron chi connectivity index (χ3n) is 2.66. The van der Waals surface area contributed by atoms with Gasteiger partial charge < -0.3 is 5.11 Å². The molecular formula is C11H11FO3S. The van der Waals surface area contributed by atoms with Crippen molar-refractivity contribution < 1.29 is 17.9 Å². The van der Waals surface area contributed by atoms with E-state index in [1.807, 2.05) is 0 Å². The first-order valence-corrected chi connectivity index (χ1v) is 6.33. The number of fused-ring (bicyclic) bond motifs is 1. The summed E-state index contributed by atoms with van der Waals surface area (Å²) in [5.74, 6) is -1.07. The van der Waals surface area contributed by atoms with Crippen LogP contribution < -0.4 is 0 Å². The van der Waals surface area contributed by atoms with Crippen molar-refractivity contribution >= 4 is 15.9 Å². The van der Waals surface area contributed by atoms with Crippen molar-refractivity contribution in [1.82, 2.24) is 0 Å². The highest BCUT2D eigenvalue weighted by atomic mass is 32.2. The molecule has 1 heterocycles. The zero-order valence-corrected chi connectivity index (χ0v) is 9.46. The molecule has 1 aromatic rings. The average molecular weight is 242 g/mol. The normalized spacial score (nSPS) is 19.1. The molecule has 1 aliphatic heterocycles. The van der Waals surface area contributed by atoms with Crippen molar-refractivity contribution in [3.8, 4) is 0 Å². The van der Waals surface area contributed by atoms with Gasteiger partial charge in [0.2, 0.25) is 9.84 Å². The standard InChI is InChI=1S/C11H11FO3S/c1-7(6-13)11-5-8-9(12)3-2-4-10(8)16(11,14)15/h2-5,7,13H,6H2,1H3. The lowest BCUT2D eigenvalue weighted by Gasteiger charge is -2.08. The van der Waals surface area contributed by atoms with Crippen LogP contribution in [0.2, 0.25) is 0 Å². The Morgan fingerprint density at radius 1 is 1.44 bits per heavy atom. The minimum absolute atomic E-state index is 0.0113. The van der Waals surface area contributed by atoms with Crippen LogP contribution in [-0.4, -0.2) is 20.1 Å². The highest BCUT2D eigenvalue weighted by Gasteiger charge is 2.33. The molecule has 5 heteroatoms. The van der Waals surface area contributed by atoms with Gasteiger partial charge in [0.1, 0.15) is 5.82 Å². The lowest BCUT2D eigenvalue weighted by Crippen LogP contribution is -2.11. The van der Waals surface area contributed by atoms with E-state index >= 15 is 0 Å². The van der Waals surface area contributed by atoms with E-state index in [-0.39, 0.29) is 22.0 Å². The number of rotatable bonds is 2. The Hall–Kier alpha value is -1.20. The maximum atomic E-state index is 13.4. The molecule has 0 aliphatic carbocycles. The van der Waals surface area contributed by atoms with Crippen LogP contribution in [0.25, 0.3) is 6.08 Å². The molecule has 0 radical (unpaired) electrons. The highest BCUT2D eigenvalue weighted by Crippen LogP contribution is 2.37. The molecule has 1 unspecified atom stereocenters. The van der Waals surface area contributed by atoms with Crippen LogP contribution in [-0.2, 0) is 9.84 Å². The molecule has 0 fully saturated rings. The maximum absolute atomic E-state index is 13.4. The fourth-order valence-electron chi connectivity index (χ4n) is 1.74. The summed E-state index contributed by atoms with van der Waals surface area (Å²) in [6, 6.07) is 3.96. The molecule has 0 bridgehead atoms. The van der Waals surface area contributed by atoms with Crippen molar-refractivity contribution in [3.05, 3.63) is 34.5 Å². The molecule has 2 rings (SSSR count). The molecule has 16 heavy (non-hydrogen) atoms. The van der Waals surface area contributed by atoms with Gasteiger partial charge in [-0.05, 0) is 18.2 Å². The molecule has 0 saturated carbocycles. The Morgan fingerprint density at radius 3 is 2.69 bits per heavy atom. The summed E-state index contributed by atoms with van der Waals surface area (Å²) in [5.41, 5.74) is 0.0952. The molecule has 1 aromatic carbocycles. The first kappa shape index (κ1) is 11.3. The topological polar surface area (TPSA) is 54.4 Å². The summed E-state index contributed by atoms with van der Waals surface area (Å²) in [4.78, 5) is 0.0675. The van der Waals surface area contributed by atoms with Crippen LogP contribution in [0.1, 0.15) is 12.5 Å². The summed E-state index contributed by atoms with van der Waals surface area (Å²) in [7, 11) is -3.62. The van der Waals surface area contributed by atoms with Gasteiger partial charge in [-0.15, -0.1) is 0 Å². The van der Waals surface area contributed by atoms with E-state index in [9.17, 15) is 12.8 Å². The number of aliphatic hydroxyl groups excluding tert-OH is 1. The molecule has 0 aromatic heterocycles. The first-order chi connectivity index (χ1) is 7.48. The molecular weight excluding hydrogens is 231 g/mol. The fourth-order valence-corrected chi connectivity index (χ4v) is 3.57. The highest BCUT2D eigenvalue weighted by molar-refractivity contribution is 7.95. The van der Waals surface area contributed by atoms with E-state index in [1.54, 1.807) is 6.92 Å². The molecule has 0 spiro atoms. The average Bonchev–Trinajstić information content (AvgIpc) is 2.52. The summed E-state index contributed by atoms with van der Waals surface area (Å²) in [6.45, 7) is 1.31. The minimum atomic E-state index is -3.62. The third kappa shape index (κ3) is 1.47. The third-order valence-corrected chi connectivity index (χ3v) is 4.73. The Labute approximate surface area is 93.1 Å². The summed E-state index contributed by atoms with van der Waals surface area (Å²) < 4.78 is 37.4. The smallest absolute Gasteiger partial charge is 0.203 e. The first-order valence-electron chi connectivity index (χ1n) is 4.84. The number of sulfone groups is 1. The van der Waals surface area contributed by atoms with Gasteiger partial charge in [0.05, 0.1) is 16.4 Å². The number of hydrogen-bond donors (Lipinski definition) is 1. The summed E-state index contributed by atoms with van der Waals surface area (Å²) in [6.07, 6.45) is 1.31. The Balaban J connectivity index is 2.66. The maximum Gasteiger partial charge on any atom is 0.203 e. The second kappa shape index (κ2) is 3.68. The van der Waals surface area contributed by atoms with E-state index < -0.39 is 21.6 Å². The van der Waals surface area contributed by atoms with Crippen molar-refractivity contribution in [2.45, 2.75) is 11.8 Å². The van der Waals surface area contributed by atoms with Gasteiger partial charge >= 0.3 is 0 Å². The lowest BCUT2D eigenvalue weighted by molar-refractivity contribution is 0.260. The molecule has 0 saturated heterocycles. The van der Waals surface area contributed by atoms with Crippen molar-refractivity contribution in [1.29, 1.82) is 0 Å². The van der Waals surface area contributed by atoms with Crippen LogP contribution >= 0.6 is 0 Å². The summed E-state index contributed by atoms with van der Waals surface area (Å²) in [5, 5.41) is 8.98. The second-order valence-corrected chi connectivity index (χ2v) is 5.70. The van der Waals surface area contributed by atoms with Gasteiger partial charge in [-0.3, -0.25) is 0 Å². The van der Waals surface area contributed by atoms with E-state index in [4.69, 9.17) is 5.11 Å². The zero-order chi connectivity index (χ0) is 11.9. The Kier molecular flexibility index (Phi) is 2.59. The van der Waals surface area contributed by atoms with Gasteiger partial charge in [0, 0.05) is 11.5 Å². The Morgan fingerprint density at radius 2 is 2.12 bits per heavy atom. The largest absolute Gasteiger partial charge is 0.396 e. The van der Waals surface area contributed by atoms with E-state index in [2.05, 4.69) is 0 Å². The van der Waals surface area contributed by atoms with Crippen molar-refractivity contribution in [3.63, 3.8) is 0 Å². The monoisotopic (exact) mass is 242 g/mol. The lowest BCUT2D eigenvalue weighted by atomic mass is 10.1. The molecule has 1 N–H and O–H groups in total. The summed E-state index contributed by atoms with van der Waals surface area (Å²) >= 11 is 0. The van der Waals surface area contributed by atoms with E-state index in [1.165, 1.54) is 24.3 Å². The fraction of sp³-hybridized carbons (Fsp3) is 0.273. The van der Waals surface area contributed by atoms with Crippen LogP contribution in [0, 0.1) is 11.7 Å². The van der Waals surface area contributed by atoms with Gasteiger partial charge in [-0.2, -0.15) is 0 Å². The molecule has 1 aliphatic rings. The quantitative estimate of drug-likeness (QED) is 0.856. The van der Waals surface area contributed by atoms with Gasteiger partial charge in [0.25, 0.3) is 0 Å². The van der Waals surface area contributed by atoms with E-state index in [0.29, 0.717) is 0 Å². The predicted molar refractivity (Wildman–Crippen MR) is 57.8 cm³/mol. The van der Waals surface area contributed by atoms with Crippen LogP contribution in [0.3, 0.4) is 0 Å². The minimum Gasteiger partial charge on any atom is -0.396 e. The van der Waals surface area contributed by atoms with Crippen molar-refractivity contribution in [2.24, 2.45) is 5.92 Å². The van der Waals surface area contributed by atoms with Gasteiger partial charge in [-0.25, -0.2) is 12.8 Å². The van der Waals surface area contributed by atoms with Gasteiger partial charge in [0.15, 0.2) is 0 Å². The number of halogens is 1. The SMILES string of the molecule is CC(CO)C1=Cc2c(F)cccc2S1(=O)=O. The molecule has 1 atom stereocenters.